The van der Waals surface area contributed by atoms with Gasteiger partial charge in [0.05, 0.1) is 6.04 Å². The Morgan fingerprint density at radius 1 is 1.33 bits per heavy atom. The van der Waals surface area contributed by atoms with Gasteiger partial charge in [-0.05, 0) is 18.9 Å². The molecule has 0 N–H and O–H groups in total. The molecule has 0 saturated carbocycles. The van der Waals surface area contributed by atoms with Gasteiger partial charge in [0, 0.05) is 6.21 Å². The van der Waals surface area contributed by atoms with E-state index in [1.807, 2.05) is 12.3 Å². The zero-order valence-electron chi connectivity index (χ0n) is 5.33. The molecule has 0 radical (unpaired) electrons. The van der Waals surface area contributed by atoms with Crippen molar-refractivity contribution in [1.82, 2.24) is 0 Å². The Labute approximate surface area is 57.5 Å². The first-order chi connectivity index (χ1) is 3.80. The summed E-state index contributed by atoms with van der Waals surface area (Å²) in [5.74, 6) is 0.625. The van der Waals surface area contributed by atoms with E-state index in [4.69, 9.17) is 0 Å². The normalized spacial score (nSPS) is 31.8. The monoisotopic (exact) mass is 125 g/mol. The highest BCUT2D eigenvalue weighted by atomic mass is 14.8. The van der Waals surface area contributed by atoms with Crippen molar-refractivity contribution in [3.63, 3.8) is 0 Å². The summed E-state index contributed by atoms with van der Waals surface area (Å²) in [6, 6.07) is 0.486. The SMILES string of the molecule is C.CC1C=CC=NC1C. The number of nitrogens with zero attached hydrogens (tertiary/aromatic N) is 1. The molecule has 0 fully saturated rings. The molecule has 1 aliphatic heterocycles. The van der Waals surface area contributed by atoms with Gasteiger partial charge in [0.1, 0.15) is 0 Å². The van der Waals surface area contributed by atoms with Gasteiger partial charge >= 0.3 is 0 Å². The summed E-state index contributed by atoms with van der Waals surface area (Å²) >= 11 is 0. The first-order valence-electron chi connectivity index (χ1n) is 3.00. The van der Waals surface area contributed by atoms with Crippen molar-refractivity contribution in [2.24, 2.45) is 10.9 Å². The predicted octanol–water partition coefficient (Wildman–Crippen LogP) is 2.29. The summed E-state index contributed by atoms with van der Waals surface area (Å²) in [6.07, 6.45) is 6.05. The number of rotatable bonds is 0. The fourth-order valence-electron chi connectivity index (χ4n) is 0.707. The highest BCUT2D eigenvalue weighted by molar-refractivity contribution is 5.72. The van der Waals surface area contributed by atoms with Crippen LogP contribution < -0.4 is 0 Å². The minimum absolute atomic E-state index is 0. The lowest BCUT2D eigenvalue weighted by Gasteiger charge is -2.13. The van der Waals surface area contributed by atoms with E-state index in [1.165, 1.54) is 0 Å². The van der Waals surface area contributed by atoms with Crippen molar-refractivity contribution in [2.45, 2.75) is 27.3 Å². The summed E-state index contributed by atoms with van der Waals surface area (Å²) in [7, 11) is 0. The van der Waals surface area contributed by atoms with Crippen molar-refractivity contribution in [3.05, 3.63) is 12.2 Å². The van der Waals surface area contributed by atoms with E-state index in [9.17, 15) is 0 Å². The molecule has 0 bridgehead atoms. The van der Waals surface area contributed by atoms with E-state index in [-0.39, 0.29) is 7.43 Å². The molecule has 1 rings (SSSR count). The Hall–Kier alpha value is -0.590. The van der Waals surface area contributed by atoms with Crippen LogP contribution in [0.3, 0.4) is 0 Å². The van der Waals surface area contributed by atoms with Crippen LogP contribution in [-0.2, 0) is 0 Å². The number of dihydropyridines is 1. The maximum absolute atomic E-state index is 4.20. The van der Waals surface area contributed by atoms with Gasteiger partial charge in [-0.25, -0.2) is 0 Å². The average Bonchev–Trinajstić information content (AvgIpc) is 1.77. The molecule has 9 heavy (non-hydrogen) atoms. The Bertz CT molecular complexity index is 109. The topological polar surface area (TPSA) is 12.4 Å². The largest absolute Gasteiger partial charge is 0.290 e. The molecule has 2 atom stereocenters. The lowest BCUT2D eigenvalue weighted by molar-refractivity contribution is 0.581. The maximum Gasteiger partial charge on any atom is 0.0531 e. The highest BCUT2D eigenvalue weighted by Gasteiger charge is 2.07. The first kappa shape index (κ1) is 8.41. The second-order valence-electron chi connectivity index (χ2n) is 2.28. The van der Waals surface area contributed by atoms with Gasteiger partial charge < -0.3 is 0 Å². The summed E-state index contributed by atoms with van der Waals surface area (Å²) in [5, 5.41) is 0. The van der Waals surface area contributed by atoms with Crippen molar-refractivity contribution >= 4 is 6.21 Å². The number of allylic oxidation sites excluding steroid dienone is 1. The van der Waals surface area contributed by atoms with Crippen LogP contribution in [0, 0.1) is 5.92 Å². The van der Waals surface area contributed by atoms with Crippen molar-refractivity contribution in [2.75, 3.05) is 0 Å². The third-order valence-electron chi connectivity index (χ3n) is 1.58. The molecule has 1 heteroatoms. The molecule has 0 spiro atoms. The zero-order valence-corrected chi connectivity index (χ0v) is 5.33. The molecule has 0 aromatic heterocycles. The number of hydrogen-bond acceptors (Lipinski definition) is 1. The van der Waals surface area contributed by atoms with Crippen LogP contribution in [0.15, 0.2) is 17.1 Å². The second-order valence-corrected chi connectivity index (χ2v) is 2.28. The molecular weight excluding hydrogens is 110 g/mol. The van der Waals surface area contributed by atoms with Crippen molar-refractivity contribution in [1.29, 1.82) is 0 Å². The maximum atomic E-state index is 4.20. The lowest BCUT2D eigenvalue weighted by Crippen LogP contribution is -2.11. The molecule has 1 heterocycles. The van der Waals surface area contributed by atoms with Gasteiger partial charge in [-0.3, -0.25) is 4.99 Å². The predicted molar refractivity (Wildman–Crippen MR) is 43.0 cm³/mol. The molecule has 0 aliphatic carbocycles. The third-order valence-corrected chi connectivity index (χ3v) is 1.58. The smallest absolute Gasteiger partial charge is 0.0531 e. The van der Waals surface area contributed by atoms with Gasteiger partial charge in [0.25, 0.3) is 0 Å². The van der Waals surface area contributed by atoms with E-state index in [0.29, 0.717) is 12.0 Å². The van der Waals surface area contributed by atoms with Gasteiger partial charge in [-0.15, -0.1) is 0 Å². The molecule has 1 aliphatic rings. The van der Waals surface area contributed by atoms with Crippen LogP contribution in [0.4, 0.5) is 0 Å². The molecule has 52 valence electrons. The summed E-state index contributed by atoms with van der Waals surface area (Å²) < 4.78 is 0. The third kappa shape index (κ3) is 2.00. The molecule has 1 nitrogen and oxygen atoms in total. The van der Waals surface area contributed by atoms with E-state index in [1.54, 1.807) is 0 Å². The Morgan fingerprint density at radius 3 is 2.33 bits per heavy atom. The Kier molecular flexibility index (Phi) is 3.21. The quantitative estimate of drug-likeness (QED) is 0.471. The Balaban J connectivity index is 0.000000640. The molecule has 0 amide bonds. The van der Waals surface area contributed by atoms with Gasteiger partial charge in [-0.2, -0.15) is 0 Å². The van der Waals surface area contributed by atoms with E-state index < -0.39 is 0 Å². The van der Waals surface area contributed by atoms with E-state index >= 15 is 0 Å². The minimum atomic E-state index is 0. The van der Waals surface area contributed by atoms with Crippen LogP contribution in [0.5, 0.6) is 0 Å². The minimum Gasteiger partial charge on any atom is -0.290 e. The van der Waals surface area contributed by atoms with Gasteiger partial charge in [0.2, 0.25) is 0 Å². The van der Waals surface area contributed by atoms with Crippen LogP contribution >= 0.6 is 0 Å². The molecule has 2 unspecified atom stereocenters. The van der Waals surface area contributed by atoms with Gasteiger partial charge in [-0.1, -0.05) is 20.4 Å². The molecule has 0 aromatic rings. The zero-order chi connectivity index (χ0) is 5.98. The van der Waals surface area contributed by atoms with E-state index in [0.717, 1.165) is 0 Å². The molecular formula is C8H15N. The highest BCUT2D eigenvalue weighted by Crippen LogP contribution is 2.10. The second kappa shape index (κ2) is 3.44. The van der Waals surface area contributed by atoms with Crippen molar-refractivity contribution < 1.29 is 0 Å². The average molecular weight is 125 g/mol. The van der Waals surface area contributed by atoms with Crippen LogP contribution in [0.2, 0.25) is 0 Å². The van der Waals surface area contributed by atoms with Crippen molar-refractivity contribution in [3.8, 4) is 0 Å². The van der Waals surface area contributed by atoms with Gasteiger partial charge in [0.15, 0.2) is 0 Å². The first-order valence-corrected chi connectivity index (χ1v) is 3.00. The summed E-state index contributed by atoms with van der Waals surface area (Å²) in [4.78, 5) is 4.20. The summed E-state index contributed by atoms with van der Waals surface area (Å²) in [5.41, 5.74) is 0. The standard InChI is InChI=1S/C7H11N.CH4/c1-6-4-3-5-8-7(6)2;/h3-7H,1-2H3;1H4. The number of aliphatic imine (C=N–C) groups is 1. The molecule has 0 saturated heterocycles. The molecule has 0 aromatic carbocycles. The number of hydrogen-bond donors (Lipinski definition) is 0. The lowest BCUT2D eigenvalue weighted by atomic mass is 10.0. The van der Waals surface area contributed by atoms with Crippen LogP contribution in [-0.4, -0.2) is 12.3 Å². The Morgan fingerprint density at radius 2 is 2.00 bits per heavy atom. The fraction of sp³-hybridized carbons (Fsp3) is 0.625. The summed E-state index contributed by atoms with van der Waals surface area (Å²) in [6.45, 7) is 4.31. The van der Waals surface area contributed by atoms with E-state index in [2.05, 4.69) is 24.9 Å². The van der Waals surface area contributed by atoms with Crippen LogP contribution in [0.1, 0.15) is 21.3 Å². The van der Waals surface area contributed by atoms with Crippen LogP contribution in [0.25, 0.3) is 0 Å². The fourth-order valence-corrected chi connectivity index (χ4v) is 0.707.